The SMILES string of the molecule is CCCS(=O)(=O)c1ccccc1OC1CCC(N)C1. The first-order valence-corrected chi connectivity index (χ1v) is 8.42. The van der Waals surface area contributed by atoms with E-state index in [1.54, 1.807) is 24.3 Å². The Kier molecular flexibility index (Phi) is 4.47. The zero-order valence-corrected chi connectivity index (χ0v) is 12.0. The highest BCUT2D eigenvalue weighted by Crippen LogP contribution is 2.29. The van der Waals surface area contributed by atoms with Gasteiger partial charge in [-0.2, -0.15) is 0 Å². The number of hydrogen-bond donors (Lipinski definition) is 1. The summed E-state index contributed by atoms with van der Waals surface area (Å²) in [6.07, 6.45) is 3.26. The first-order valence-electron chi connectivity index (χ1n) is 6.77. The molecule has 1 saturated carbocycles. The molecule has 2 rings (SSSR count). The lowest BCUT2D eigenvalue weighted by Gasteiger charge is -2.16. The zero-order chi connectivity index (χ0) is 13.9. The van der Waals surface area contributed by atoms with Crippen molar-refractivity contribution in [2.45, 2.75) is 49.6 Å². The summed E-state index contributed by atoms with van der Waals surface area (Å²) in [4.78, 5) is 0.303. The second-order valence-electron chi connectivity index (χ2n) is 5.08. The molecule has 0 saturated heterocycles. The van der Waals surface area contributed by atoms with E-state index in [1.165, 1.54) is 0 Å². The highest BCUT2D eigenvalue weighted by atomic mass is 32.2. The average Bonchev–Trinajstić information content (AvgIpc) is 2.75. The van der Waals surface area contributed by atoms with Crippen LogP contribution in [0.4, 0.5) is 0 Å². The molecule has 2 N–H and O–H groups in total. The van der Waals surface area contributed by atoms with Gasteiger partial charge in [-0.25, -0.2) is 8.42 Å². The third-order valence-electron chi connectivity index (χ3n) is 3.38. The monoisotopic (exact) mass is 283 g/mol. The summed E-state index contributed by atoms with van der Waals surface area (Å²) in [6, 6.07) is 7.05. The molecule has 19 heavy (non-hydrogen) atoms. The molecule has 0 aromatic heterocycles. The van der Waals surface area contributed by atoms with Gasteiger partial charge in [0.05, 0.1) is 5.75 Å². The van der Waals surface area contributed by atoms with Crippen LogP contribution in [0.5, 0.6) is 5.75 Å². The molecule has 4 nitrogen and oxygen atoms in total. The van der Waals surface area contributed by atoms with Crippen LogP contribution >= 0.6 is 0 Å². The average molecular weight is 283 g/mol. The predicted octanol–water partition coefficient (Wildman–Crippen LogP) is 2.13. The molecule has 1 aliphatic rings. The van der Waals surface area contributed by atoms with Gasteiger partial charge in [-0.1, -0.05) is 19.1 Å². The summed E-state index contributed by atoms with van der Waals surface area (Å²) in [5.74, 6) is 0.618. The number of para-hydroxylation sites is 1. The van der Waals surface area contributed by atoms with Gasteiger partial charge in [0.1, 0.15) is 16.7 Å². The van der Waals surface area contributed by atoms with Crippen LogP contribution in [0.3, 0.4) is 0 Å². The maximum atomic E-state index is 12.2. The number of hydrogen-bond acceptors (Lipinski definition) is 4. The molecule has 0 aliphatic heterocycles. The third kappa shape index (κ3) is 3.48. The highest BCUT2D eigenvalue weighted by Gasteiger charge is 2.26. The fourth-order valence-corrected chi connectivity index (χ4v) is 3.91. The van der Waals surface area contributed by atoms with Crippen LogP contribution in [-0.2, 0) is 9.84 Å². The normalized spacial score (nSPS) is 23.5. The maximum absolute atomic E-state index is 12.2. The summed E-state index contributed by atoms with van der Waals surface area (Å²) < 4.78 is 30.2. The summed E-state index contributed by atoms with van der Waals surface area (Å²) in [5.41, 5.74) is 5.85. The predicted molar refractivity (Wildman–Crippen MR) is 75.0 cm³/mol. The van der Waals surface area contributed by atoms with Crippen molar-refractivity contribution in [1.29, 1.82) is 0 Å². The van der Waals surface area contributed by atoms with Gasteiger partial charge in [0.15, 0.2) is 9.84 Å². The Labute approximate surface area is 114 Å². The van der Waals surface area contributed by atoms with Crippen molar-refractivity contribution >= 4 is 9.84 Å². The van der Waals surface area contributed by atoms with Crippen LogP contribution in [0.15, 0.2) is 29.2 Å². The second kappa shape index (κ2) is 5.92. The van der Waals surface area contributed by atoms with Crippen LogP contribution < -0.4 is 10.5 Å². The van der Waals surface area contributed by atoms with Gasteiger partial charge in [-0.05, 0) is 37.8 Å². The number of ether oxygens (including phenoxy) is 1. The van der Waals surface area contributed by atoms with Gasteiger partial charge in [0.2, 0.25) is 0 Å². The number of nitrogens with two attached hydrogens (primary N) is 1. The van der Waals surface area contributed by atoms with Crippen molar-refractivity contribution in [3.8, 4) is 5.75 Å². The molecule has 0 amide bonds. The minimum absolute atomic E-state index is 0.0352. The van der Waals surface area contributed by atoms with E-state index in [0.717, 1.165) is 19.3 Å². The molecule has 5 heteroatoms. The Bertz CT molecular complexity index is 527. The Morgan fingerprint density at radius 1 is 1.32 bits per heavy atom. The molecule has 1 aromatic carbocycles. The van der Waals surface area contributed by atoms with Gasteiger partial charge >= 0.3 is 0 Å². The number of rotatable bonds is 5. The molecule has 0 bridgehead atoms. The Morgan fingerprint density at radius 2 is 2.05 bits per heavy atom. The first-order chi connectivity index (χ1) is 9.03. The van der Waals surface area contributed by atoms with E-state index in [9.17, 15) is 8.42 Å². The number of benzene rings is 1. The van der Waals surface area contributed by atoms with Crippen molar-refractivity contribution in [1.82, 2.24) is 0 Å². The van der Waals surface area contributed by atoms with E-state index in [0.29, 0.717) is 17.1 Å². The van der Waals surface area contributed by atoms with Crippen LogP contribution in [0.1, 0.15) is 32.6 Å². The van der Waals surface area contributed by atoms with E-state index >= 15 is 0 Å². The lowest BCUT2D eigenvalue weighted by Crippen LogP contribution is -2.20. The molecule has 2 unspecified atom stereocenters. The van der Waals surface area contributed by atoms with Gasteiger partial charge in [0.25, 0.3) is 0 Å². The van der Waals surface area contributed by atoms with Crippen LogP contribution in [-0.4, -0.2) is 26.3 Å². The summed E-state index contributed by atoms with van der Waals surface area (Å²) in [7, 11) is -3.25. The molecule has 1 aromatic rings. The first kappa shape index (κ1) is 14.3. The van der Waals surface area contributed by atoms with Crippen molar-refractivity contribution in [2.75, 3.05) is 5.75 Å². The zero-order valence-electron chi connectivity index (χ0n) is 11.2. The summed E-state index contributed by atoms with van der Waals surface area (Å²) in [6.45, 7) is 1.86. The minimum atomic E-state index is -3.25. The van der Waals surface area contributed by atoms with E-state index in [-0.39, 0.29) is 17.9 Å². The highest BCUT2D eigenvalue weighted by molar-refractivity contribution is 7.91. The Morgan fingerprint density at radius 3 is 2.68 bits per heavy atom. The summed E-state index contributed by atoms with van der Waals surface area (Å²) >= 11 is 0. The van der Waals surface area contributed by atoms with Crippen LogP contribution in [0, 0.1) is 0 Å². The smallest absolute Gasteiger partial charge is 0.182 e. The van der Waals surface area contributed by atoms with E-state index < -0.39 is 9.84 Å². The Hall–Kier alpha value is -1.07. The van der Waals surface area contributed by atoms with Crippen molar-refractivity contribution in [3.63, 3.8) is 0 Å². The maximum Gasteiger partial charge on any atom is 0.182 e. The van der Waals surface area contributed by atoms with Gasteiger partial charge in [-0.3, -0.25) is 0 Å². The quantitative estimate of drug-likeness (QED) is 0.898. The van der Waals surface area contributed by atoms with Gasteiger partial charge < -0.3 is 10.5 Å². The van der Waals surface area contributed by atoms with Crippen molar-refractivity contribution in [3.05, 3.63) is 24.3 Å². The largest absolute Gasteiger partial charge is 0.489 e. The molecule has 0 radical (unpaired) electrons. The summed E-state index contributed by atoms with van der Waals surface area (Å²) in [5, 5.41) is 0. The second-order valence-corrected chi connectivity index (χ2v) is 7.16. The molecule has 1 fully saturated rings. The molecular formula is C14H21NO3S. The number of sulfone groups is 1. The lowest BCUT2D eigenvalue weighted by molar-refractivity contribution is 0.202. The molecule has 0 spiro atoms. The van der Waals surface area contributed by atoms with Gasteiger partial charge in [0, 0.05) is 6.04 Å². The molecule has 2 atom stereocenters. The molecule has 106 valence electrons. The van der Waals surface area contributed by atoms with Crippen LogP contribution in [0.2, 0.25) is 0 Å². The standard InChI is InChI=1S/C14H21NO3S/c1-2-9-19(16,17)14-6-4-3-5-13(14)18-12-8-7-11(15)10-12/h3-6,11-12H,2,7-10,15H2,1H3. The fraction of sp³-hybridized carbons (Fsp3) is 0.571. The van der Waals surface area contributed by atoms with Crippen LogP contribution in [0.25, 0.3) is 0 Å². The molecular weight excluding hydrogens is 262 g/mol. The third-order valence-corrected chi connectivity index (χ3v) is 5.33. The van der Waals surface area contributed by atoms with Crippen molar-refractivity contribution < 1.29 is 13.2 Å². The van der Waals surface area contributed by atoms with E-state index in [2.05, 4.69) is 0 Å². The molecule has 0 heterocycles. The Balaban J connectivity index is 2.21. The topological polar surface area (TPSA) is 69.4 Å². The van der Waals surface area contributed by atoms with Crippen molar-refractivity contribution in [2.24, 2.45) is 5.73 Å². The van der Waals surface area contributed by atoms with E-state index in [4.69, 9.17) is 10.5 Å². The lowest BCUT2D eigenvalue weighted by atomic mass is 10.3. The minimum Gasteiger partial charge on any atom is -0.489 e. The van der Waals surface area contributed by atoms with Gasteiger partial charge in [-0.15, -0.1) is 0 Å². The fourth-order valence-electron chi connectivity index (χ4n) is 2.44. The van der Waals surface area contributed by atoms with E-state index in [1.807, 2.05) is 6.92 Å². The molecule has 1 aliphatic carbocycles.